The third-order valence-electron chi connectivity index (χ3n) is 36.2. The van der Waals surface area contributed by atoms with Crippen LogP contribution in [-0.4, -0.2) is 16.3 Å². The number of hydrogen-bond acceptors (Lipinski definition) is 3. The molecule has 2 saturated carbocycles. The van der Waals surface area contributed by atoms with Crippen molar-refractivity contribution in [2.75, 3.05) is 0 Å². The number of hydrogen-bond donors (Lipinski definition) is 0. The predicted octanol–water partition coefficient (Wildman–Crippen LogP) is 51.9. The molecule has 0 unspecified atom stereocenters. The fraction of sp³-hybridized carbons (Fsp3) is 0.889. The number of benzene rings is 1. The average molecular weight is 2100 g/mol. The van der Waals surface area contributed by atoms with Crippen LogP contribution >= 0.6 is 0 Å². The van der Waals surface area contributed by atoms with Crippen LogP contribution in [-0.2, 0) is 19.3 Å². The Morgan fingerprint density at radius 3 is 0.793 bits per heavy atom. The molecule has 5 rings (SSSR count). The molecule has 4 atom stereocenters. The van der Waals surface area contributed by atoms with E-state index in [1.165, 1.54) is 543 Å². The molecule has 0 radical (unpaired) electrons. The smallest absolute Gasteiger partial charge is 0.406 e. The molecule has 6 heteroatoms. The van der Waals surface area contributed by atoms with Crippen LogP contribution in [0.1, 0.15) is 768 Å². The number of pyridine rings is 2. The SMILES string of the molecule is CCCCCC(CCCCC)C[C@H]1CCCC[C@@H]1C(CCCCC)CCCCC.CCCCCC(CCCCC)C[C@H]1CCCC[C@H]1C(CCCCC)CCCCC.CCCCCC(CCCCC)Cc1cc(OC(F)(F)F)ccc1C(CCCCC)CCCCC.CCCCCC(CCCCC)Cc1cccnc1C(CCCCC)CCCCC.CCCCCC(CCCCC)Cc1ncccc1C(CCCCC)CCCCC. The van der Waals surface area contributed by atoms with Crippen LogP contribution in [0.2, 0.25) is 0 Å². The maximum Gasteiger partial charge on any atom is 0.573 e. The van der Waals surface area contributed by atoms with Gasteiger partial charge in [0.2, 0.25) is 0 Å². The number of ether oxygens (including phenoxy) is 1. The summed E-state index contributed by atoms with van der Waals surface area (Å²) in [5.74, 6) is 12.4. The summed E-state index contributed by atoms with van der Waals surface area (Å²) >= 11 is 0. The highest BCUT2D eigenvalue weighted by Crippen LogP contribution is 2.48. The lowest BCUT2D eigenvalue weighted by Gasteiger charge is -2.39. The van der Waals surface area contributed by atoms with Crippen molar-refractivity contribution in [3.8, 4) is 5.75 Å². The molecule has 2 aromatic heterocycles. The summed E-state index contributed by atoms with van der Waals surface area (Å²) in [7, 11) is 0. The summed E-state index contributed by atoms with van der Waals surface area (Å²) in [4.78, 5) is 9.93. The van der Waals surface area contributed by atoms with Crippen molar-refractivity contribution in [1.82, 2.24) is 9.97 Å². The van der Waals surface area contributed by atoms with Crippen molar-refractivity contribution >= 4 is 0 Å². The lowest BCUT2D eigenvalue weighted by atomic mass is 9.66. The maximum absolute atomic E-state index is 13.0. The first kappa shape index (κ1) is 145. The summed E-state index contributed by atoms with van der Waals surface area (Å²) in [6, 6.07) is 14.4. The van der Waals surface area contributed by atoms with Crippen LogP contribution < -0.4 is 4.74 Å². The number of nitrogens with zero attached hydrogens (tertiary/aromatic N) is 2. The number of aromatic nitrogens is 2. The van der Waals surface area contributed by atoms with Gasteiger partial charge in [-0.15, -0.1) is 13.2 Å². The molecular weight excluding hydrogens is 1830 g/mol. The summed E-state index contributed by atoms with van der Waals surface area (Å²) in [5, 5.41) is 0. The number of alkyl halides is 3. The third-order valence-corrected chi connectivity index (χ3v) is 36.2. The molecule has 2 aliphatic rings. The molecular formula is C144H269F3N2O. The molecule has 2 aliphatic carbocycles. The van der Waals surface area contributed by atoms with Gasteiger partial charge >= 0.3 is 6.36 Å². The van der Waals surface area contributed by atoms with Crippen molar-refractivity contribution in [2.24, 2.45) is 65.1 Å². The lowest BCUT2D eigenvalue weighted by Crippen LogP contribution is -2.29. The zero-order valence-electron chi connectivity index (χ0n) is 105. The lowest BCUT2D eigenvalue weighted by molar-refractivity contribution is -0.274. The van der Waals surface area contributed by atoms with E-state index in [-0.39, 0.29) is 5.75 Å². The van der Waals surface area contributed by atoms with Gasteiger partial charge in [0.25, 0.3) is 0 Å². The van der Waals surface area contributed by atoms with E-state index >= 15 is 0 Å². The normalized spacial score (nSPS) is 15.0. The predicted molar refractivity (Wildman–Crippen MR) is 668 cm³/mol. The van der Waals surface area contributed by atoms with E-state index in [1.54, 1.807) is 61.8 Å². The first-order valence-corrected chi connectivity index (χ1v) is 69.1. The minimum atomic E-state index is -4.65. The van der Waals surface area contributed by atoms with Crippen LogP contribution in [0.4, 0.5) is 13.2 Å². The molecule has 2 fully saturated rings. The second kappa shape index (κ2) is 105. The van der Waals surface area contributed by atoms with Gasteiger partial charge in [-0.3, -0.25) is 9.97 Å². The average Bonchev–Trinajstić information content (AvgIpc) is 1.29. The third kappa shape index (κ3) is 76.0. The van der Waals surface area contributed by atoms with Gasteiger partial charge in [0, 0.05) is 29.7 Å². The maximum atomic E-state index is 13.0. The van der Waals surface area contributed by atoms with Gasteiger partial charge in [0.1, 0.15) is 5.75 Å². The van der Waals surface area contributed by atoms with Crippen LogP contribution in [0.15, 0.2) is 54.9 Å². The molecule has 0 aliphatic heterocycles. The summed E-state index contributed by atoms with van der Waals surface area (Å²) < 4.78 is 43.3. The van der Waals surface area contributed by atoms with Gasteiger partial charge in [0.15, 0.2) is 0 Å². The fourth-order valence-electron chi connectivity index (χ4n) is 27.0. The number of halogens is 3. The van der Waals surface area contributed by atoms with Gasteiger partial charge in [-0.05, 0) is 207 Å². The van der Waals surface area contributed by atoms with Crippen molar-refractivity contribution in [3.05, 3.63) is 88.5 Å². The molecule has 0 N–H and O–H groups in total. The van der Waals surface area contributed by atoms with Crippen LogP contribution in [0.25, 0.3) is 0 Å². The molecule has 882 valence electrons. The minimum Gasteiger partial charge on any atom is -0.406 e. The monoisotopic (exact) mass is 2100 g/mol. The van der Waals surface area contributed by atoms with Crippen LogP contribution in [0.5, 0.6) is 5.75 Å². The largest absolute Gasteiger partial charge is 0.573 e. The van der Waals surface area contributed by atoms with Crippen LogP contribution in [0.3, 0.4) is 0 Å². The summed E-state index contributed by atoms with van der Waals surface area (Å²) in [5.41, 5.74) is 8.42. The minimum absolute atomic E-state index is 0.0621. The van der Waals surface area contributed by atoms with E-state index in [4.69, 9.17) is 9.97 Å². The zero-order chi connectivity index (χ0) is 110. The Balaban J connectivity index is 0.000000939. The van der Waals surface area contributed by atoms with Crippen molar-refractivity contribution in [1.29, 1.82) is 0 Å². The molecule has 3 nitrogen and oxygen atoms in total. The summed E-state index contributed by atoms with van der Waals surface area (Å²) in [6.07, 6.45) is 128. The van der Waals surface area contributed by atoms with Crippen molar-refractivity contribution in [2.45, 2.75) is 760 Å². The molecule has 0 amide bonds. The van der Waals surface area contributed by atoms with E-state index in [0.29, 0.717) is 17.8 Å². The fourth-order valence-corrected chi connectivity index (χ4v) is 27.0. The first-order chi connectivity index (χ1) is 73.4. The molecule has 0 bridgehead atoms. The first-order valence-electron chi connectivity index (χ1n) is 69.1. The Kier molecular flexibility index (Phi) is 102. The van der Waals surface area contributed by atoms with Crippen molar-refractivity contribution < 1.29 is 17.9 Å². The summed E-state index contributed by atoms with van der Waals surface area (Å²) in [6.45, 7) is 46.4. The van der Waals surface area contributed by atoms with Gasteiger partial charge in [-0.2, -0.15) is 0 Å². The highest BCUT2D eigenvalue weighted by atomic mass is 19.4. The molecule has 0 spiro atoms. The molecule has 150 heavy (non-hydrogen) atoms. The van der Waals surface area contributed by atoms with E-state index in [2.05, 4.69) is 174 Å². The van der Waals surface area contributed by atoms with Gasteiger partial charge in [-0.25, -0.2) is 0 Å². The number of unbranched alkanes of at least 4 members (excludes halogenated alkanes) is 40. The van der Waals surface area contributed by atoms with E-state index in [9.17, 15) is 13.2 Å². The van der Waals surface area contributed by atoms with Gasteiger partial charge in [-0.1, -0.05) is 670 Å². The van der Waals surface area contributed by atoms with Gasteiger partial charge < -0.3 is 4.74 Å². The Bertz CT molecular complexity index is 2970. The van der Waals surface area contributed by atoms with E-state index in [1.807, 2.05) is 12.3 Å². The second-order valence-corrected chi connectivity index (χ2v) is 49.9. The Morgan fingerprint density at radius 2 is 0.493 bits per heavy atom. The standard InChI is InChI=1S/C30H51F3O.2C29H58.2C28H51N/c1-5-9-13-17-25(18-14-10-6-2)23-27-24-28(34-30(31,32)33)21-22-29(27)26(19-15-11-7-3)20-16-12-8-4;2*1-5-9-13-19-26(20-14-10-6-2)25-28-23-17-18-24-29(28)27(21-15-11-7-3)22-16-12-8-4;1-5-9-13-18-25(19-14-10-6-2)24-28-27(22-17-23-29-28)26(20-15-11-7-3)21-16-12-8-4;1-5-9-13-18-25(19-14-10-6-2)24-27-22-17-23-29-28(27)26(20-15-11-7-3)21-16-12-8-4/h21-22,24-26H,5-20,23H2,1-4H3;2*26-29H,5-25H2,1-4H3;2*17,22-23,25-26H,5-16,18-21,24H2,1-4H3/t;28-,29+;28-,29-;;/m.11../s1. The molecule has 0 saturated heterocycles. The zero-order valence-corrected chi connectivity index (χ0v) is 105. The van der Waals surface area contributed by atoms with E-state index in [0.717, 1.165) is 103 Å². The highest BCUT2D eigenvalue weighted by molar-refractivity contribution is 5.39. The van der Waals surface area contributed by atoms with Gasteiger partial charge in [0.05, 0.1) is 0 Å². The Labute approximate surface area is 940 Å². The van der Waals surface area contributed by atoms with E-state index < -0.39 is 6.36 Å². The second-order valence-electron chi connectivity index (χ2n) is 49.9. The molecule has 2 heterocycles. The topological polar surface area (TPSA) is 35.0 Å². The Hall–Kier alpha value is -2.89. The molecule has 1 aromatic carbocycles. The molecule has 3 aromatic rings. The highest BCUT2D eigenvalue weighted by Gasteiger charge is 2.37. The van der Waals surface area contributed by atoms with Crippen LogP contribution in [0, 0.1) is 65.1 Å². The number of rotatable bonds is 96. The Morgan fingerprint density at radius 1 is 0.247 bits per heavy atom. The quantitative estimate of drug-likeness (QED) is 0.0528. The van der Waals surface area contributed by atoms with Crippen molar-refractivity contribution in [3.63, 3.8) is 0 Å².